The van der Waals surface area contributed by atoms with E-state index in [9.17, 15) is 8.78 Å². The first-order valence-electron chi connectivity index (χ1n) is 6.89. The van der Waals surface area contributed by atoms with Crippen molar-refractivity contribution in [2.75, 3.05) is 6.54 Å². The molecule has 1 nitrogen and oxygen atoms in total. The fourth-order valence-corrected chi connectivity index (χ4v) is 2.22. The predicted molar refractivity (Wildman–Crippen MR) is 77.5 cm³/mol. The summed E-state index contributed by atoms with van der Waals surface area (Å²) in [6.45, 7) is 2.62. The number of hydrogen-bond acceptors (Lipinski definition) is 1. The Morgan fingerprint density at radius 2 is 1.75 bits per heavy atom. The number of hydrogen-bond donors (Lipinski definition) is 1. The average molecular weight is 275 g/mol. The van der Waals surface area contributed by atoms with Crippen molar-refractivity contribution in [2.24, 2.45) is 0 Å². The normalized spacial score (nSPS) is 12.3. The van der Waals surface area contributed by atoms with Gasteiger partial charge in [0.1, 0.15) is 0 Å². The summed E-state index contributed by atoms with van der Waals surface area (Å²) < 4.78 is 26.8. The molecule has 0 radical (unpaired) electrons. The van der Waals surface area contributed by atoms with Crippen LogP contribution in [0.15, 0.2) is 48.5 Å². The Kier molecular flexibility index (Phi) is 5.24. The standard InChI is InChI=1S/C17H19F2N/c1-13(15-10-5-11-16(18)17(15)19)20-12-6-9-14-7-3-2-4-8-14/h2-5,7-8,10-11,13,20H,6,9,12H2,1H3. The molecule has 0 heterocycles. The molecular weight excluding hydrogens is 256 g/mol. The van der Waals surface area contributed by atoms with Crippen LogP contribution in [-0.4, -0.2) is 6.54 Å². The van der Waals surface area contributed by atoms with Gasteiger partial charge in [0.05, 0.1) is 0 Å². The van der Waals surface area contributed by atoms with Crippen LogP contribution >= 0.6 is 0 Å². The second-order valence-electron chi connectivity index (χ2n) is 4.91. The molecule has 0 saturated carbocycles. The smallest absolute Gasteiger partial charge is 0.163 e. The molecule has 3 heteroatoms. The molecule has 0 saturated heterocycles. The lowest BCUT2D eigenvalue weighted by molar-refractivity contribution is 0.471. The molecule has 0 aromatic heterocycles. The second kappa shape index (κ2) is 7.15. The van der Waals surface area contributed by atoms with Crippen molar-refractivity contribution in [3.05, 3.63) is 71.3 Å². The van der Waals surface area contributed by atoms with Crippen molar-refractivity contribution in [1.29, 1.82) is 0 Å². The molecule has 0 spiro atoms. The summed E-state index contributed by atoms with van der Waals surface area (Å²) in [6, 6.07) is 14.3. The first-order valence-corrected chi connectivity index (χ1v) is 6.89. The molecule has 0 aliphatic rings. The molecule has 0 aliphatic heterocycles. The number of nitrogens with one attached hydrogen (secondary N) is 1. The van der Waals surface area contributed by atoms with Gasteiger partial charge in [0, 0.05) is 11.6 Å². The van der Waals surface area contributed by atoms with E-state index in [0.29, 0.717) is 5.56 Å². The zero-order chi connectivity index (χ0) is 14.4. The third kappa shape index (κ3) is 3.87. The van der Waals surface area contributed by atoms with E-state index < -0.39 is 11.6 Å². The van der Waals surface area contributed by atoms with Crippen molar-refractivity contribution in [3.8, 4) is 0 Å². The fourth-order valence-electron chi connectivity index (χ4n) is 2.22. The lowest BCUT2D eigenvalue weighted by Crippen LogP contribution is -2.21. The zero-order valence-electron chi connectivity index (χ0n) is 11.6. The summed E-state index contributed by atoms with van der Waals surface area (Å²) in [6.07, 6.45) is 1.94. The van der Waals surface area contributed by atoms with Crippen LogP contribution in [0.5, 0.6) is 0 Å². The molecule has 20 heavy (non-hydrogen) atoms. The lowest BCUT2D eigenvalue weighted by Gasteiger charge is -2.15. The third-order valence-corrected chi connectivity index (χ3v) is 3.38. The van der Waals surface area contributed by atoms with E-state index in [-0.39, 0.29) is 6.04 Å². The molecule has 2 rings (SSSR count). The average Bonchev–Trinajstić information content (AvgIpc) is 2.47. The lowest BCUT2D eigenvalue weighted by atomic mass is 10.1. The number of halogens is 2. The Labute approximate surface area is 118 Å². The van der Waals surface area contributed by atoms with Gasteiger partial charge in [-0.15, -0.1) is 0 Å². The van der Waals surface area contributed by atoms with E-state index in [1.165, 1.54) is 11.6 Å². The van der Waals surface area contributed by atoms with Crippen molar-refractivity contribution in [1.82, 2.24) is 5.32 Å². The highest BCUT2D eigenvalue weighted by molar-refractivity contribution is 5.22. The minimum Gasteiger partial charge on any atom is -0.310 e. The van der Waals surface area contributed by atoms with Crippen molar-refractivity contribution < 1.29 is 8.78 Å². The minimum atomic E-state index is -0.791. The van der Waals surface area contributed by atoms with Crippen LogP contribution in [0.2, 0.25) is 0 Å². The van der Waals surface area contributed by atoms with Gasteiger partial charge in [-0.2, -0.15) is 0 Å². The summed E-state index contributed by atoms with van der Waals surface area (Å²) in [5.74, 6) is -1.55. The molecule has 0 bridgehead atoms. The van der Waals surface area contributed by atoms with E-state index in [1.807, 2.05) is 25.1 Å². The fraction of sp³-hybridized carbons (Fsp3) is 0.294. The first kappa shape index (κ1) is 14.7. The molecule has 0 aliphatic carbocycles. The molecule has 1 unspecified atom stereocenters. The summed E-state index contributed by atoms with van der Waals surface area (Å²) in [5, 5.41) is 3.23. The van der Waals surface area contributed by atoms with Gasteiger partial charge in [0.2, 0.25) is 0 Å². The minimum absolute atomic E-state index is 0.193. The molecule has 106 valence electrons. The highest BCUT2D eigenvalue weighted by atomic mass is 19.2. The van der Waals surface area contributed by atoms with E-state index in [2.05, 4.69) is 17.4 Å². The largest absolute Gasteiger partial charge is 0.310 e. The summed E-state index contributed by atoms with van der Waals surface area (Å²) in [5.41, 5.74) is 1.67. The molecule has 1 N–H and O–H groups in total. The summed E-state index contributed by atoms with van der Waals surface area (Å²) in [7, 11) is 0. The van der Waals surface area contributed by atoms with Gasteiger partial charge in [-0.1, -0.05) is 42.5 Å². The zero-order valence-corrected chi connectivity index (χ0v) is 11.6. The molecule has 0 fully saturated rings. The van der Waals surface area contributed by atoms with Gasteiger partial charge in [0.15, 0.2) is 11.6 Å². The van der Waals surface area contributed by atoms with E-state index in [1.54, 1.807) is 6.07 Å². The SMILES string of the molecule is CC(NCCCc1ccccc1)c1cccc(F)c1F. The van der Waals surface area contributed by atoms with E-state index in [4.69, 9.17) is 0 Å². The maximum atomic E-state index is 13.6. The van der Waals surface area contributed by atoms with E-state index in [0.717, 1.165) is 25.5 Å². The number of rotatable bonds is 6. The van der Waals surface area contributed by atoms with Crippen LogP contribution in [0.25, 0.3) is 0 Å². The number of benzene rings is 2. The molecular formula is C17H19F2N. The van der Waals surface area contributed by atoms with Gasteiger partial charge in [-0.3, -0.25) is 0 Å². The highest BCUT2D eigenvalue weighted by Crippen LogP contribution is 2.18. The van der Waals surface area contributed by atoms with Gasteiger partial charge >= 0.3 is 0 Å². The van der Waals surface area contributed by atoms with Crippen LogP contribution in [0.1, 0.15) is 30.5 Å². The third-order valence-electron chi connectivity index (χ3n) is 3.38. The van der Waals surface area contributed by atoms with Crippen LogP contribution in [0.4, 0.5) is 8.78 Å². The van der Waals surface area contributed by atoms with Gasteiger partial charge < -0.3 is 5.32 Å². The van der Waals surface area contributed by atoms with Crippen LogP contribution in [0, 0.1) is 11.6 Å². The van der Waals surface area contributed by atoms with Gasteiger partial charge in [0.25, 0.3) is 0 Å². The summed E-state index contributed by atoms with van der Waals surface area (Å²) in [4.78, 5) is 0. The van der Waals surface area contributed by atoms with Crippen molar-refractivity contribution >= 4 is 0 Å². The first-order chi connectivity index (χ1) is 9.68. The van der Waals surface area contributed by atoms with Crippen LogP contribution in [-0.2, 0) is 6.42 Å². The van der Waals surface area contributed by atoms with E-state index >= 15 is 0 Å². The quantitative estimate of drug-likeness (QED) is 0.777. The Balaban J connectivity index is 1.81. The molecule has 2 aromatic carbocycles. The summed E-state index contributed by atoms with van der Waals surface area (Å²) >= 11 is 0. The maximum Gasteiger partial charge on any atom is 0.163 e. The van der Waals surface area contributed by atoms with Crippen LogP contribution < -0.4 is 5.32 Å². The Hall–Kier alpha value is -1.74. The maximum absolute atomic E-state index is 13.6. The van der Waals surface area contributed by atoms with Crippen molar-refractivity contribution in [2.45, 2.75) is 25.8 Å². The monoisotopic (exact) mass is 275 g/mol. The molecule has 2 aromatic rings. The van der Waals surface area contributed by atoms with Gasteiger partial charge in [-0.05, 0) is 37.9 Å². The predicted octanol–water partition coefficient (Wildman–Crippen LogP) is 4.25. The molecule has 1 atom stereocenters. The topological polar surface area (TPSA) is 12.0 Å². The molecule has 0 amide bonds. The Bertz CT molecular complexity index is 540. The van der Waals surface area contributed by atoms with Crippen LogP contribution in [0.3, 0.4) is 0 Å². The Morgan fingerprint density at radius 1 is 1.00 bits per heavy atom. The second-order valence-corrected chi connectivity index (χ2v) is 4.91. The number of aryl methyl sites for hydroxylation is 1. The van der Waals surface area contributed by atoms with Gasteiger partial charge in [-0.25, -0.2) is 8.78 Å². The highest BCUT2D eigenvalue weighted by Gasteiger charge is 2.13. The van der Waals surface area contributed by atoms with Crippen molar-refractivity contribution in [3.63, 3.8) is 0 Å². The Morgan fingerprint density at radius 3 is 2.50 bits per heavy atom.